The number of nitrogens with two attached hydrogens (primary N) is 1. The maximum absolute atomic E-state index is 13.1. The second-order valence-corrected chi connectivity index (χ2v) is 10.7. The summed E-state index contributed by atoms with van der Waals surface area (Å²) >= 11 is 5.99. The van der Waals surface area contributed by atoms with E-state index in [4.69, 9.17) is 17.3 Å². The van der Waals surface area contributed by atoms with E-state index in [1.54, 1.807) is 24.0 Å². The molecule has 0 aromatic heterocycles. The van der Waals surface area contributed by atoms with Crippen LogP contribution < -0.4 is 16.4 Å². The summed E-state index contributed by atoms with van der Waals surface area (Å²) in [5.41, 5.74) is 8.72. The first-order valence-electron chi connectivity index (χ1n) is 13.7. The summed E-state index contributed by atoms with van der Waals surface area (Å²) in [7, 11) is 0. The Balaban J connectivity index is 0.000000658. The molecule has 1 saturated heterocycles. The van der Waals surface area contributed by atoms with Crippen molar-refractivity contribution in [2.75, 3.05) is 12.3 Å². The van der Waals surface area contributed by atoms with Gasteiger partial charge >= 0.3 is 0 Å². The molecule has 0 aliphatic carbocycles. The molecule has 3 unspecified atom stereocenters. The quantitative estimate of drug-likeness (QED) is 0.260. The highest BCUT2D eigenvalue weighted by molar-refractivity contribution is 6.33. The Labute approximate surface area is 238 Å². The Kier molecular flexibility index (Phi) is 13.0. The number of anilines is 1. The molecule has 7 nitrogen and oxygen atoms in total. The number of nitrogens with one attached hydrogen (secondary N) is 2. The number of rotatable bonds is 10. The molecule has 4 N–H and O–H groups in total. The van der Waals surface area contributed by atoms with Gasteiger partial charge in [-0.05, 0) is 64.7 Å². The number of carbonyl (C=O) groups excluding carboxylic acids is 3. The van der Waals surface area contributed by atoms with E-state index < -0.39 is 18.0 Å². The number of hydrogen-bond donors (Lipinski definition) is 3. The van der Waals surface area contributed by atoms with E-state index in [9.17, 15) is 14.4 Å². The zero-order valence-corrected chi connectivity index (χ0v) is 24.4. The summed E-state index contributed by atoms with van der Waals surface area (Å²) < 4.78 is 0. The first-order chi connectivity index (χ1) is 18.5. The van der Waals surface area contributed by atoms with E-state index in [2.05, 4.69) is 43.2 Å². The largest absolute Gasteiger partial charge is 0.398 e. The molecule has 1 fully saturated rings. The number of benzene rings is 2. The van der Waals surface area contributed by atoms with Crippen molar-refractivity contribution in [1.29, 1.82) is 0 Å². The van der Waals surface area contributed by atoms with Crippen LogP contribution in [0.25, 0.3) is 0 Å². The number of nitrogen functional groups attached to an aromatic ring is 1. The SMILES string of the molecule is C=C(C)CC(CCCC)NC(=O)C1CCCN1C(=O)C(C)NC(=O)c1ccc(N)c(Cl)c1.Cc1ccccc1. The lowest BCUT2D eigenvalue weighted by Gasteiger charge is -2.29. The third-order valence-electron chi connectivity index (χ3n) is 6.61. The van der Waals surface area contributed by atoms with Crippen LogP contribution in [0.3, 0.4) is 0 Å². The highest BCUT2D eigenvalue weighted by Crippen LogP contribution is 2.21. The molecule has 39 heavy (non-hydrogen) atoms. The van der Waals surface area contributed by atoms with Crippen LogP contribution in [0.2, 0.25) is 5.02 Å². The Morgan fingerprint density at radius 2 is 1.85 bits per heavy atom. The normalized spacial score (nSPS) is 15.9. The number of carbonyl (C=O) groups is 3. The molecule has 2 aromatic rings. The number of amides is 3. The van der Waals surface area contributed by atoms with Crippen LogP contribution in [-0.4, -0.2) is 47.3 Å². The smallest absolute Gasteiger partial charge is 0.251 e. The lowest BCUT2D eigenvalue weighted by molar-refractivity contribution is -0.139. The van der Waals surface area contributed by atoms with Gasteiger partial charge in [0.05, 0.1) is 10.7 Å². The van der Waals surface area contributed by atoms with Crippen LogP contribution in [0.4, 0.5) is 5.69 Å². The van der Waals surface area contributed by atoms with Crippen molar-refractivity contribution in [3.05, 3.63) is 76.8 Å². The summed E-state index contributed by atoms with van der Waals surface area (Å²) in [5.74, 6) is -0.835. The molecule has 3 atom stereocenters. The fraction of sp³-hybridized carbons (Fsp3) is 0.452. The van der Waals surface area contributed by atoms with Crippen molar-refractivity contribution in [3.8, 4) is 0 Å². The average molecular weight is 555 g/mol. The van der Waals surface area contributed by atoms with Crippen molar-refractivity contribution in [3.63, 3.8) is 0 Å². The lowest BCUT2D eigenvalue weighted by atomic mass is 10.0. The van der Waals surface area contributed by atoms with E-state index in [1.807, 2.05) is 25.1 Å². The molecule has 3 rings (SSSR count). The van der Waals surface area contributed by atoms with Crippen LogP contribution in [-0.2, 0) is 9.59 Å². The lowest BCUT2D eigenvalue weighted by Crippen LogP contribution is -2.53. The predicted molar refractivity (Wildman–Crippen MR) is 160 cm³/mol. The maximum Gasteiger partial charge on any atom is 0.251 e. The fourth-order valence-electron chi connectivity index (χ4n) is 4.49. The molecule has 0 bridgehead atoms. The summed E-state index contributed by atoms with van der Waals surface area (Å²) in [6.45, 7) is 12.2. The Bertz CT molecular complexity index is 1120. The van der Waals surface area contributed by atoms with E-state index >= 15 is 0 Å². The van der Waals surface area contributed by atoms with E-state index in [0.717, 1.165) is 37.7 Å². The first-order valence-corrected chi connectivity index (χ1v) is 14.0. The van der Waals surface area contributed by atoms with Crippen LogP contribution in [0.1, 0.15) is 75.2 Å². The topological polar surface area (TPSA) is 105 Å². The summed E-state index contributed by atoms with van der Waals surface area (Å²) in [6, 6.07) is 13.5. The zero-order valence-electron chi connectivity index (χ0n) is 23.6. The van der Waals surface area contributed by atoms with Gasteiger partial charge in [0.25, 0.3) is 5.91 Å². The molecule has 1 aliphatic rings. The molecule has 0 radical (unpaired) electrons. The van der Waals surface area contributed by atoms with Crippen molar-refractivity contribution < 1.29 is 14.4 Å². The number of hydrogen-bond acceptors (Lipinski definition) is 4. The monoisotopic (exact) mass is 554 g/mol. The van der Waals surface area contributed by atoms with Gasteiger partial charge in [-0.3, -0.25) is 14.4 Å². The standard InChI is InChI=1S/C24H35ClN4O3.C7H8/c1-5-6-8-18(13-15(2)3)28-23(31)21-9-7-12-29(21)24(32)16(4)27-22(30)17-10-11-20(26)19(25)14-17;1-7-5-3-2-4-6-7/h10-11,14,16,18,21H,2,5-9,12-13,26H2,1,3-4H3,(H,27,30)(H,28,31);2-6H,1H3. The van der Waals surface area contributed by atoms with Gasteiger partial charge in [0.1, 0.15) is 12.1 Å². The van der Waals surface area contributed by atoms with Crippen molar-refractivity contribution in [1.82, 2.24) is 15.5 Å². The highest BCUT2D eigenvalue weighted by Gasteiger charge is 2.37. The fourth-order valence-corrected chi connectivity index (χ4v) is 4.67. The molecule has 0 spiro atoms. The number of likely N-dealkylation sites (tertiary alicyclic amines) is 1. The van der Waals surface area contributed by atoms with Gasteiger partial charge in [-0.1, -0.05) is 72.8 Å². The van der Waals surface area contributed by atoms with Crippen LogP contribution in [0.15, 0.2) is 60.7 Å². The van der Waals surface area contributed by atoms with Crippen molar-refractivity contribution >= 4 is 35.0 Å². The average Bonchev–Trinajstić information content (AvgIpc) is 3.39. The van der Waals surface area contributed by atoms with Gasteiger partial charge in [-0.15, -0.1) is 6.58 Å². The van der Waals surface area contributed by atoms with Crippen molar-refractivity contribution in [2.24, 2.45) is 0 Å². The van der Waals surface area contributed by atoms with E-state index in [0.29, 0.717) is 24.2 Å². The Morgan fingerprint density at radius 1 is 1.15 bits per heavy atom. The molecular formula is C31H43ClN4O3. The third-order valence-corrected chi connectivity index (χ3v) is 6.93. The summed E-state index contributed by atoms with van der Waals surface area (Å²) in [5, 5.41) is 6.10. The van der Waals surface area contributed by atoms with Gasteiger partial charge < -0.3 is 21.3 Å². The van der Waals surface area contributed by atoms with Crippen LogP contribution in [0.5, 0.6) is 0 Å². The molecular weight excluding hydrogens is 512 g/mol. The molecule has 8 heteroatoms. The first kappa shape index (κ1) is 31.9. The molecule has 0 saturated carbocycles. The van der Waals surface area contributed by atoms with Crippen LogP contribution >= 0.6 is 11.6 Å². The highest BCUT2D eigenvalue weighted by atomic mass is 35.5. The van der Waals surface area contributed by atoms with Gasteiger partial charge in [0, 0.05) is 18.2 Å². The predicted octanol–water partition coefficient (Wildman–Crippen LogP) is 5.67. The Morgan fingerprint density at radius 3 is 2.41 bits per heavy atom. The van der Waals surface area contributed by atoms with Gasteiger partial charge in [-0.2, -0.15) is 0 Å². The zero-order chi connectivity index (χ0) is 28.9. The summed E-state index contributed by atoms with van der Waals surface area (Å²) in [6.07, 6.45) is 5.03. The van der Waals surface area contributed by atoms with Gasteiger partial charge in [0.2, 0.25) is 11.8 Å². The van der Waals surface area contributed by atoms with E-state index in [1.165, 1.54) is 11.6 Å². The molecule has 3 amide bonds. The Hall–Kier alpha value is -3.32. The minimum absolute atomic E-state index is 0.0184. The second kappa shape index (κ2) is 15.9. The van der Waals surface area contributed by atoms with E-state index in [-0.39, 0.29) is 22.9 Å². The minimum Gasteiger partial charge on any atom is -0.398 e. The number of unbranched alkanes of at least 4 members (excludes halogenated alkanes) is 1. The molecule has 1 aliphatic heterocycles. The van der Waals surface area contributed by atoms with Gasteiger partial charge in [-0.25, -0.2) is 0 Å². The third kappa shape index (κ3) is 10.4. The number of halogens is 1. The maximum atomic E-state index is 13.1. The number of aryl methyl sites for hydroxylation is 1. The number of nitrogens with zero attached hydrogens (tertiary/aromatic N) is 1. The molecule has 212 valence electrons. The van der Waals surface area contributed by atoms with Gasteiger partial charge in [0.15, 0.2) is 0 Å². The molecule has 1 heterocycles. The van der Waals surface area contributed by atoms with Crippen LogP contribution in [0, 0.1) is 6.92 Å². The van der Waals surface area contributed by atoms with Crippen molar-refractivity contribution in [2.45, 2.75) is 84.3 Å². The summed E-state index contributed by atoms with van der Waals surface area (Å²) in [4.78, 5) is 40.2. The molecule has 2 aromatic carbocycles. The second-order valence-electron chi connectivity index (χ2n) is 10.3. The minimum atomic E-state index is -0.779.